The third-order valence-corrected chi connectivity index (χ3v) is 15.1. The smallest absolute Gasteiger partial charge is 0.311 e. The van der Waals surface area contributed by atoms with Crippen LogP contribution in [0.15, 0.2) is 42.9 Å². The van der Waals surface area contributed by atoms with Crippen molar-refractivity contribution in [3.63, 3.8) is 0 Å². The van der Waals surface area contributed by atoms with Crippen LogP contribution in [0.5, 0.6) is 0 Å². The second kappa shape index (κ2) is 21.6. The molecule has 2 aromatic rings. The van der Waals surface area contributed by atoms with Gasteiger partial charge in [0.2, 0.25) is 0 Å². The molecule has 0 radical (unpaired) electrons. The number of aromatic nitrogens is 3. The number of aliphatic hydroxyl groups excluding tert-OH is 2. The van der Waals surface area contributed by atoms with Gasteiger partial charge in [-0.3, -0.25) is 19.6 Å². The number of carbonyl (C=O) groups is 2. The highest BCUT2D eigenvalue weighted by molar-refractivity contribution is 5.84. The van der Waals surface area contributed by atoms with E-state index in [1.165, 1.54) is 7.11 Å². The van der Waals surface area contributed by atoms with E-state index in [0.717, 1.165) is 11.3 Å². The fourth-order valence-electron chi connectivity index (χ4n) is 11.2. The fraction of sp³-hybridized carbons (Fsp3) is 0.725. The van der Waals surface area contributed by atoms with Crippen molar-refractivity contribution in [3.05, 3.63) is 48.6 Å². The number of carbonyl (C=O) groups excluding carboxylic acids is 2. The number of esters is 1. The van der Waals surface area contributed by atoms with Crippen LogP contribution in [0.4, 0.5) is 0 Å². The molecule has 0 aliphatic carbocycles. The number of fused-ring (bicyclic) bond motifs is 1. The van der Waals surface area contributed by atoms with Crippen molar-refractivity contribution in [3.8, 4) is 23.2 Å². The van der Waals surface area contributed by atoms with Crippen molar-refractivity contribution >= 4 is 11.8 Å². The monoisotopic (exact) mass is 937 g/mol. The summed E-state index contributed by atoms with van der Waals surface area (Å²) in [5, 5.41) is 23.2. The predicted octanol–water partition coefficient (Wildman–Crippen LogP) is 5.50. The molecule has 67 heavy (non-hydrogen) atoms. The van der Waals surface area contributed by atoms with Gasteiger partial charge in [-0.2, -0.15) is 0 Å². The summed E-state index contributed by atoms with van der Waals surface area (Å²) in [6.45, 7) is 23.1. The van der Waals surface area contributed by atoms with E-state index >= 15 is 0 Å². The number of aromatic amines is 1. The van der Waals surface area contributed by atoms with Crippen LogP contribution in [0.3, 0.4) is 0 Å². The van der Waals surface area contributed by atoms with Crippen LogP contribution in [-0.4, -0.2) is 154 Å². The quantitative estimate of drug-likeness (QED) is 0.154. The minimum Gasteiger partial charge on any atom is -0.459 e. The second-order valence-corrected chi connectivity index (χ2v) is 20.3. The number of cyclic esters (lactones) is 1. The summed E-state index contributed by atoms with van der Waals surface area (Å²) in [6, 6.07) is 3.41. The summed E-state index contributed by atoms with van der Waals surface area (Å²) in [5.41, 5.74) is -0.647. The van der Waals surface area contributed by atoms with Crippen molar-refractivity contribution in [2.75, 3.05) is 34.4 Å². The molecule has 4 saturated heterocycles. The lowest BCUT2D eigenvalue weighted by Crippen LogP contribution is -2.61. The molecule has 4 aliphatic heterocycles. The molecule has 0 amide bonds. The zero-order valence-corrected chi connectivity index (χ0v) is 41.8. The average Bonchev–Trinajstić information content (AvgIpc) is 3.90. The van der Waals surface area contributed by atoms with Crippen LogP contribution in [-0.2, 0) is 47.5 Å². The highest BCUT2D eigenvalue weighted by Gasteiger charge is 2.57. The Kier molecular flexibility index (Phi) is 17.0. The molecule has 0 saturated carbocycles. The molecule has 18 atom stereocenters. The van der Waals surface area contributed by atoms with E-state index in [9.17, 15) is 19.8 Å². The Balaban J connectivity index is 1.48. The molecule has 4 aliphatic rings. The van der Waals surface area contributed by atoms with Crippen LogP contribution in [0.2, 0.25) is 0 Å². The maximum atomic E-state index is 15.0. The number of likely N-dealkylation sites (N-methyl/N-ethyl adjacent to an activating group) is 1. The molecular weight excluding hydrogens is 861 g/mol. The van der Waals surface area contributed by atoms with Gasteiger partial charge >= 0.3 is 5.97 Å². The average molecular weight is 937 g/mol. The van der Waals surface area contributed by atoms with E-state index in [-0.39, 0.29) is 44.0 Å². The molecule has 6 heterocycles. The van der Waals surface area contributed by atoms with Crippen LogP contribution in [0, 0.1) is 41.4 Å². The lowest BCUT2D eigenvalue weighted by atomic mass is 9.69. The van der Waals surface area contributed by atoms with E-state index in [1.54, 1.807) is 39.4 Å². The van der Waals surface area contributed by atoms with E-state index in [0.29, 0.717) is 24.2 Å². The van der Waals surface area contributed by atoms with E-state index in [1.807, 2.05) is 79.6 Å². The maximum Gasteiger partial charge on any atom is 0.311 e. The number of hydrogen-bond acceptors (Lipinski definition) is 15. The molecule has 6 rings (SSSR count). The summed E-state index contributed by atoms with van der Waals surface area (Å²) in [5.74, 6) is 2.38. The first-order valence-corrected chi connectivity index (χ1v) is 23.9. The maximum absolute atomic E-state index is 15.0. The lowest BCUT2D eigenvalue weighted by molar-refractivity contribution is -0.320. The molecule has 2 aromatic heterocycles. The zero-order valence-electron chi connectivity index (χ0n) is 41.8. The minimum absolute atomic E-state index is 0.0465. The molecule has 16 nitrogen and oxygen atoms in total. The third-order valence-electron chi connectivity index (χ3n) is 15.1. The van der Waals surface area contributed by atoms with E-state index in [2.05, 4.69) is 33.4 Å². The molecule has 0 spiro atoms. The highest BCUT2D eigenvalue weighted by Crippen LogP contribution is 2.47. The summed E-state index contributed by atoms with van der Waals surface area (Å²) >= 11 is 0. The van der Waals surface area contributed by atoms with Crippen LogP contribution < -0.4 is 0 Å². The topological polar surface area (TPSA) is 193 Å². The number of H-pyrrole nitrogens is 1. The first-order valence-electron chi connectivity index (χ1n) is 23.9. The van der Waals surface area contributed by atoms with E-state index < -0.39 is 102 Å². The Hall–Kier alpha value is -3.60. The van der Waals surface area contributed by atoms with Gasteiger partial charge < -0.3 is 58.0 Å². The summed E-state index contributed by atoms with van der Waals surface area (Å²) in [6.07, 6.45) is -1.75. The van der Waals surface area contributed by atoms with Gasteiger partial charge in [-0.25, -0.2) is 0 Å². The summed E-state index contributed by atoms with van der Waals surface area (Å²) in [4.78, 5) is 43.6. The van der Waals surface area contributed by atoms with E-state index in [4.69, 9.17) is 37.9 Å². The van der Waals surface area contributed by atoms with Gasteiger partial charge in [0, 0.05) is 55.6 Å². The largest absolute Gasteiger partial charge is 0.459 e. The number of rotatable bonds is 10. The normalized spacial score (nSPS) is 41.3. The van der Waals surface area contributed by atoms with Gasteiger partial charge in [-0.1, -0.05) is 40.2 Å². The van der Waals surface area contributed by atoms with Gasteiger partial charge in [0.25, 0.3) is 0 Å². The molecule has 0 aromatic carbocycles. The molecule has 2 unspecified atom stereocenters. The van der Waals surface area contributed by atoms with Gasteiger partial charge in [0.1, 0.15) is 42.0 Å². The first-order chi connectivity index (χ1) is 31.6. The SMILES string of the molecule is C=C1CO[C@]2(C)[C@@H](CC)OC(=O)[C@H](C)[C@@H](OC3C[C@@](C)(OC)[C@@H](O)[C@H](C)O3)[C@H](C)[C@@H](O[C@@H]3O[C@H](C)C[C@H](N(C)C)[C@H]3O)[C@](C)(OCC#Cc3ccc(-c4cnccn4)[nH]3)C[C@@H](C)C(=O)C(C)[C@H]12. The number of ether oxygens (including phenoxy) is 8. The van der Waals surface area contributed by atoms with Crippen molar-refractivity contribution in [2.24, 2.45) is 29.6 Å². The first kappa shape index (κ1) is 52.8. The number of nitrogens with zero attached hydrogens (tertiary/aromatic N) is 3. The molecule has 0 bridgehead atoms. The zero-order chi connectivity index (χ0) is 49.2. The number of methoxy groups -OCH3 is 1. The summed E-state index contributed by atoms with van der Waals surface area (Å²) < 4.78 is 52.7. The molecule has 4 fully saturated rings. The Labute approximate surface area is 397 Å². The van der Waals surface area contributed by atoms with Gasteiger partial charge in [0.05, 0.1) is 65.7 Å². The number of aliphatic hydroxyl groups is 2. The van der Waals surface area contributed by atoms with Crippen molar-refractivity contribution in [2.45, 2.75) is 173 Å². The highest BCUT2D eigenvalue weighted by atomic mass is 16.7. The standard InChI is InChI=1S/C51H76N4O12/c1-15-39-51(11)41(29(3)27-62-51)31(5)42(56)28(2)24-50(10,61-22-16-17-35-18-19-36(54-35)37-26-52-20-21-53-37)46(67-48-43(57)38(55(12)13)23-30(4)63-48)32(6)44(33(7)47(59)65-39)66-40-25-49(9,60-14)45(58)34(8)64-40/h18-21,26,28,30-34,38-41,43-46,48,54,57-58H,3,15,22-25,27H2,1-2,4-14H3/t28-,30-,31?,32+,33-,34+,38+,39-,40?,41+,43-,44+,45+,46-,48+,49-,50-,51-/m1/s1. The van der Waals surface area contributed by atoms with Crippen molar-refractivity contribution in [1.29, 1.82) is 0 Å². The Morgan fingerprint density at radius 1 is 0.985 bits per heavy atom. The molecule has 3 N–H and O–H groups in total. The fourth-order valence-corrected chi connectivity index (χ4v) is 11.2. The minimum atomic E-state index is -1.35. The van der Waals surface area contributed by atoms with Crippen LogP contribution in [0.25, 0.3) is 11.4 Å². The lowest BCUT2D eigenvalue weighted by Gasteiger charge is -2.50. The Morgan fingerprint density at radius 2 is 1.72 bits per heavy atom. The van der Waals surface area contributed by atoms with Gasteiger partial charge in [-0.15, -0.1) is 0 Å². The number of ketones is 1. The van der Waals surface area contributed by atoms with Crippen molar-refractivity contribution < 1.29 is 57.7 Å². The van der Waals surface area contributed by atoms with Crippen LogP contribution >= 0.6 is 0 Å². The molecular formula is C51H76N4O12. The Morgan fingerprint density at radius 3 is 2.37 bits per heavy atom. The van der Waals surface area contributed by atoms with Crippen LogP contribution in [0.1, 0.15) is 101 Å². The second-order valence-electron chi connectivity index (χ2n) is 20.3. The number of Topliss-reactive ketones (excluding diaryl/α,β-unsaturated/α-hetero) is 1. The summed E-state index contributed by atoms with van der Waals surface area (Å²) in [7, 11) is 5.34. The number of nitrogens with one attached hydrogen (secondary N) is 1. The van der Waals surface area contributed by atoms with Crippen molar-refractivity contribution in [1.82, 2.24) is 19.9 Å². The van der Waals surface area contributed by atoms with Gasteiger partial charge in [0.15, 0.2) is 12.6 Å². The third kappa shape index (κ3) is 11.2. The van der Waals surface area contributed by atoms with Gasteiger partial charge in [-0.05, 0) is 98.5 Å². The molecule has 372 valence electrons. The predicted molar refractivity (Wildman–Crippen MR) is 249 cm³/mol. The Bertz CT molecular complexity index is 2080. The number of hydrogen-bond donors (Lipinski definition) is 3. The molecule has 16 heteroatoms.